The molecule has 1 atom stereocenters. The molecule has 0 rings (SSSR count). The van der Waals surface area contributed by atoms with Crippen LogP contribution < -0.4 is 103 Å². The van der Waals surface area contributed by atoms with Gasteiger partial charge in [-0.15, -0.1) is 46.4 Å². The molecule has 0 N–H and O–H groups in total. The van der Waals surface area contributed by atoms with Crippen molar-refractivity contribution in [3.8, 4) is 0 Å². The zero-order chi connectivity index (χ0) is 8.20. The summed E-state index contributed by atoms with van der Waals surface area (Å²) in [5.41, 5.74) is 0. The first-order valence-corrected chi connectivity index (χ1v) is 4.85. The van der Waals surface area contributed by atoms with Crippen LogP contribution in [0.4, 0.5) is 0 Å². The molecular formula is C6H12Cl4K2. The molecule has 0 aromatic heterocycles. The van der Waals surface area contributed by atoms with Crippen LogP contribution in [-0.4, -0.2) is 15.6 Å². The van der Waals surface area contributed by atoms with Gasteiger partial charge in [0.1, 0.15) is 4.33 Å². The Kier molecular flexibility index (Phi) is 21.5. The van der Waals surface area contributed by atoms with Gasteiger partial charge in [0.2, 0.25) is 0 Å². The molecule has 1 unspecified atom stereocenters. The molecule has 0 nitrogen and oxygen atoms in total. The SMILES string of the molecule is CCC(Cl)(Cl)C(Cl)CCCl.[H-].[H-].[K+].[K+]. The Morgan fingerprint density at radius 1 is 1.33 bits per heavy atom. The van der Waals surface area contributed by atoms with E-state index in [0.717, 1.165) is 0 Å². The topological polar surface area (TPSA) is 0 Å². The second-order valence-corrected chi connectivity index (χ2v) is 4.51. The first-order chi connectivity index (χ1) is 4.54. The zero-order valence-electron chi connectivity index (χ0n) is 9.71. The molecule has 66 valence electrons. The third-order valence-corrected chi connectivity index (χ3v) is 3.39. The maximum atomic E-state index is 5.82. The third-order valence-electron chi connectivity index (χ3n) is 1.29. The van der Waals surface area contributed by atoms with Crippen molar-refractivity contribution in [3.05, 3.63) is 0 Å². The fourth-order valence-electron chi connectivity index (χ4n) is 0.528. The minimum Gasteiger partial charge on any atom is -1.00 e. The van der Waals surface area contributed by atoms with Crippen molar-refractivity contribution in [1.29, 1.82) is 0 Å². The van der Waals surface area contributed by atoms with Gasteiger partial charge in [0.25, 0.3) is 0 Å². The molecule has 0 heterocycles. The molecule has 12 heavy (non-hydrogen) atoms. The van der Waals surface area contributed by atoms with E-state index >= 15 is 0 Å². The van der Waals surface area contributed by atoms with Crippen molar-refractivity contribution in [3.63, 3.8) is 0 Å². The predicted molar refractivity (Wildman–Crippen MR) is 51.9 cm³/mol. The molecule has 0 saturated heterocycles. The molecule has 0 aliphatic carbocycles. The Morgan fingerprint density at radius 2 is 1.75 bits per heavy atom. The van der Waals surface area contributed by atoms with Gasteiger partial charge >= 0.3 is 103 Å². The number of halogens is 4. The molecule has 0 amide bonds. The molecule has 0 radical (unpaired) electrons. The van der Waals surface area contributed by atoms with Gasteiger partial charge in [0.05, 0.1) is 5.38 Å². The number of hydrogen-bond acceptors (Lipinski definition) is 0. The average molecular weight is 304 g/mol. The largest absolute Gasteiger partial charge is 1.00 e. The monoisotopic (exact) mass is 302 g/mol. The van der Waals surface area contributed by atoms with Gasteiger partial charge in [0, 0.05) is 5.88 Å². The summed E-state index contributed by atoms with van der Waals surface area (Å²) in [7, 11) is 0. The molecule has 0 saturated carbocycles. The van der Waals surface area contributed by atoms with Crippen molar-refractivity contribution in [2.24, 2.45) is 0 Å². The maximum absolute atomic E-state index is 5.82. The summed E-state index contributed by atoms with van der Waals surface area (Å²) in [5.74, 6) is 0.495. The van der Waals surface area contributed by atoms with Gasteiger partial charge in [0.15, 0.2) is 0 Å². The average Bonchev–Trinajstić information content (AvgIpc) is 1.89. The molecule has 0 bridgehead atoms. The van der Waals surface area contributed by atoms with Crippen molar-refractivity contribution in [2.75, 3.05) is 5.88 Å². The van der Waals surface area contributed by atoms with Gasteiger partial charge in [-0.3, -0.25) is 0 Å². The normalized spacial score (nSPS) is 12.8. The van der Waals surface area contributed by atoms with Gasteiger partial charge < -0.3 is 2.85 Å². The number of hydrogen-bond donors (Lipinski definition) is 0. The van der Waals surface area contributed by atoms with Crippen LogP contribution in [0.15, 0.2) is 0 Å². The summed E-state index contributed by atoms with van der Waals surface area (Å²) in [5, 5.41) is -0.252. The Balaban J connectivity index is -0.0000000675. The van der Waals surface area contributed by atoms with E-state index in [-0.39, 0.29) is 111 Å². The summed E-state index contributed by atoms with van der Waals surface area (Å²) in [4.78, 5) is 0. The summed E-state index contributed by atoms with van der Waals surface area (Å²) in [6.07, 6.45) is 1.28. The number of rotatable bonds is 4. The second kappa shape index (κ2) is 11.9. The van der Waals surface area contributed by atoms with E-state index in [1.54, 1.807) is 0 Å². The Bertz CT molecular complexity index is 108. The van der Waals surface area contributed by atoms with Crippen LogP contribution in [0.2, 0.25) is 0 Å². The van der Waals surface area contributed by atoms with E-state index in [4.69, 9.17) is 46.4 Å². The molecule has 0 aliphatic rings. The molecule has 0 fully saturated rings. The summed E-state index contributed by atoms with van der Waals surface area (Å²) < 4.78 is -0.823. The smallest absolute Gasteiger partial charge is 1.00 e. The molecule has 0 spiro atoms. The molecule has 0 aromatic rings. The Hall–Kier alpha value is 4.43. The van der Waals surface area contributed by atoms with Crippen LogP contribution in [0.5, 0.6) is 0 Å². The molecular weight excluding hydrogens is 292 g/mol. The van der Waals surface area contributed by atoms with E-state index in [0.29, 0.717) is 18.7 Å². The van der Waals surface area contributed by atoms with Crippen LogP contribution in [-0.2, 0) is 0 Å². The van der Waals surface area contributed by atoms with Crippen LogP contribution in [0, 0.1) is 0 Å². The Morgan fingerprint density at radius 3 is 2.00 bits per heavy atom. The predicted octanol–water partition coefficient (Wildman–Crippen LogP) is -1.96. The minimum atomic E-state index is -0.823. The quantitative estimate of drug-likeness (QED) is 0.418. The second-order valence-electron chi connectivity index (χ2n) is 2.06. The van der Waals surface area contributed by atoms with Crippen LogP contribution in [0.3, 0.4) is 0 Å². The van der Waals surface area contributed by atoms with E-state index in [1.807, 2.05) is 6.92 Å². The first kappa shape index (κ1) is 21.7. The van der Waals surface area contributed by atoms with E-state index in [9.17, 15) is 0 Å². The van der Waals surface area contributed by atoms with E-state index in [1.165, 1.54) is 0 Å². The molecule has 6 heteroatoms. The summed E-state index contributed by atoms with van der Waals surface area (Å²) >= 11 is 22.9. The summed E-state index contributed by atoms with van der Waals surface area (Å²) in [6, 6.07) is 0. The maximum Gasteiger partial charge on any atom is 1.00 e. The van der Waals surface area contributed by atoms with Crippen molar-refractivity contribution in [1.82, 2.24) is 0 Å². The standard InChI is InChI=1S/C6H10Cl4.2K.2H/c1-2-6(9,10)5(8)3-4-7;;;;/h5H,2-4H2,1H3;;;;/q;2*+1;2*-1. The third kappa shape index (κ3) is 9.64. The molecule has 0 aromatic carbocycles. The first-order valence-electron chi connectivity index (χ1n) is 3.12. The van der Waals surface area contributed by atoms with Crippen LogP contribution in [0.1, 0.15) is 22.6 Å². The molecule has 0 aliphatic heterocycles. The van der Waals surface area contributed by atoms with Crippen molar-refractivity contribution >= 4 is 46.4 Å². The minimum absolute atomic E-state index is 0. The Labute approximate surface area is 183 Å². The van der Waals surface area contributed by atoms with Gasteiger partial charge in [-0.25, -0.2) is 0 Å². The fourth-order valence-corrected chi connectivity index (χ4v) is 1.34. The van der Waals surface area contributed by atoms with Crippen LogP contribution in [0.25, 0.3) is 0 Å². The zero-order valence-corrected chi connectivity index (χ0v) is 17.0. The van der Waals surface area contributed by atoms with Crippen LogP contribution >= 0.6 is 46.4 Å². The van der Waals surface area contributed by atoms with Crippen molar-refractivity contribution < 1.29 is 106 Å². The van der Waals surface area contributed by atoms with Gasteiger partial charge in [-0.05, 0) is 12.8 Å². The summed E-state index contributed by atoms with van der Waals surface area (Å²) in [6.45, 7) is 1.89. The van der Waals surface area contributed by atoms with E-state index < -0.39 is 4.33 Å². The van der Waals surface area contributed by atoms with Gasteiger partial charge in [-0.1, -0.05) is 6.92 Å². The van der Waals surface area contributed by atoms with E-state index in [2.05, 4.69) is 0 Å². The fraction of sp³-hybridized carbons (Fsp3) is 1.00. The van der Waals surface area contributed by atoms with Gasteiger partial charge in [-0.2, -0.15) is 0 Å². The number of alkyl halides is 4. The van der Waals surface area contributed by atoms with Crippen molar-refractivity contribution in [2.45, 2.75) is 29.5 Å².